The molecular formula is C39H33P. The van der Waals surface area contributed by atoms with Crippen LogP contribution < -0.4 is 15.9 Å². The van der Waals surface area contributed by atoms with Gasteiger partial charge in [-0.25, -0.2) is 0 Å². The third-order valence-electron chi connectivity index (χ3n) is 7.41. The van der Waals surface area contributed by atoms with Crippen molar-refractivity contribution in [3.05, 3.63) is 197 Å². The summed E-state index contributed by atoms with van der Waals surface area (Å²) in [6.45, 7) is 0. The second-order valence-corrected chi connectivity index (χ2v) is 12.3. The summed E-state index contributed by atoms with van der Waals surface area (Å²) in [5.41, 5.74) is 8.26. The molecule has 6 aromatic rings. The second kappa shape index (κ2) is 12.7. The first-order valence-electron chi connectivity index (χ1n) is 14.0. The molecule has 0 N–H and O–H groups in total. The highest BCUT2D eigenvalue weighted by atomic mass is 31.1. The molecule has 0 aliphatic rings. The van der Waals surface area contributed by atoms with Crippen LogP contribution in [0.3, 0.4) is 0 Å². The van der Waals surface area contributed by atoms with Crippen LogP contribution in [-0.4, -0.2) is 0 Å². The molecule has 0 nitrogen and oxygen atoms in total. The fourth-order valence-corrected chi connectivity index (χ4v) is 8.28. The van der Waals surface area contributed by atoms with Crippen molar-refractivity contribution in [2.45, 2.75) is 19.3 Å². The van der Waals surface area contributed by atoms with Crippen molar-refractivity contribution in [1.82, 2.24) is 0 Å². The van der Waals surface area contributed by atoms with Gasteiger partial charge in [0.05, 0.1) is 0 Å². The summed E-state index contributed by atoms with van der Waals surface area (Å²) in [4.78, 5) is 0. The van der Waals surface area contributed by atoms with Crippen molar-refractivity contribution in [3.8, 4) is 0 Å². The first-order chi connectivity index (χ1) is 19.8. The minimum atomic E-state index is -0.797. The van der Waals surface area contributed by atoms with Gasteiger partial charge in [-0.3, -0.25) is 0 Å². The predicted octanol–water partition coefficient (Wildman–Crippen LogP) is 8.22. The van der Waals surface area contributed by atoms with E-state index in [1.165, 1.54) is 49.3 Å². The van der Waals surface area contributed by atoms with E-state index >= 15 is 0 Å². The minimum Gasteiger partial charge on any atom is -0.0622 e. The summed E-state index contributed by atoms with van der Waals surface area (Å²) >= 11 is 0. The quantitative estimate of drug-likeness (QED) is 0.165. The molecule has 0 fully saturated rings. The zero-order valence-corrected chi connectivity index (χ0v) is 23.6. The number of hydrogen-bond donors (Lipinski definition) is 0. The van der Waals surface area contributed by atoms with Gasteiger partial charge in [0.1, 0.15) is 0 Å². The van der Waals surface area contributed by atoms with Crippen LogP contribution >= 0.6 is 7.92 Å². The lowest BCUT2D eigenvalue weighted by atomic mass is 10.0. The molecule has 0 unspecified atom stereocenters. The second-order valence-electron chi connectivity index (χ2n) is 10.2. The molecule has 6 aromatic carbocycles. The number of benzene rings is 6. The molecule has 0 spiro atoms. The van der Waals surface area contributed by atoms with Gasteiger partial charge in [-0.2, -0.15) is 0 Å². The maximum Gasteiger partial charge on any atom is -0.00192 e. The first kappa shape index (κ1) is 26.0. The van der Waals surface area contributed by atoms with Crippen molar-refractivity contribution >= 4 is 23.8 Å². The van der Waals surface area contributed by atoms with E-state index in [4.69, 9.17) is 0 Å². The normalized spacial score (nSPS) is 11.0. The van der Waals surface area contributed by atoms with Gasteiger partial charge in [0.2, 0.25) is 0 Å². The summed E-state index contributed by atoms with van der Waals surface area (Å²) in [6.07, 6.45) is 2.78. The SMILES string of the molecule is c1ccc(Cc2ccccc2P(c2ccccc2Cc2ccccc2)c2ccccc2Cc2ccccc2)cc1. The molecular weight excluding hydrogens is 499 g/mol. The molecule has 0 amide bonds. The van der Waals surface area contributed by atoms with Crippen molar-refractivity contribution in [2.24, 2.45) is 0 Å². The maximum absolute atomic E-state index is 2.38. The van der Waals surface area contributed by atoms with Gasteiger partial charge in [0.15, 0.2) is 0 Å². The van der Waals surface area contributed by atoms with E-state index in [0.717, 1.165) is 19.3 Å². The predicted molar refractivity (Wildman–Crippen MR) is 173 cm³/mol. The van der Waals surface area contributed by atoms with E-state index in [9.17, 15) is 0 Å². The van der Waals surface area contributed by atoms with Gasteiger partial charge >= 0.3 is 0 Å². The molecule has 40 heavy (non-hydrogen) atoms. The molecule has 0 bridgehead atoms. The van der Waals surface area contributed by atoms with Crippen molar-refractivity contribution in [3.63, 3.8) is 0 Å². The van der Waals surface area contributed by atoms with Gasteiger partial charge < -0.3 is 0 Å². The van der Waals surface area contributed by atoms with Crippen LogP contribution in [0.1, 0.15) is 33.4 Å². The maximum atomic E-state index is 2.38. The monoisotopic (exact) mass is 532 g/mol. The van der Waals surface area contributed by atoms with E-state index < -0.39 is 7.92 Å². The Morgan fingerprint density at radius 1 is 0.275 bits per heavy atom. The van der Waals surface area contributed by atoms with Crippen LogP contribution in [0.4, 0.5) is 0 Å². The van der Waals surface area contributed by atoms with E-state index in [0.29, 0.717) is 0 Å². The summed E-state index contributed by atoms with van der Waals surface area (Å²) in [7, 11) is -0.797. The molecule has 0 aromatic heterocycles. The van der Waals surface area contributed by atoms with Gasteiger partial charge in [-0.1, -0.05) is 164 Å². The van der Waals surface area contributed by atoms with E-state index in [-0.39, 0.29) is 0 Å². The van der Waals surface area contributed by atoms with Crippen LogP contribution in [0, 0.1) is 0 Å². The van der Waals surface area contributed by atoms with Crippen LogP contribution in [0.15, 0.2) is 164 Å². The molecule has 0 heterocycles. The molecule has 0 saturated carbocycles. The Labute approximate surface area is 239 Å². The summed E-state index contributed by atoms with van der Waals surface area (Å²) in [6, 6.07) is 60.0. The Kier molecular flexibility index (Phi) is 8.28. The van der Waals surface area contributed by atoms with Crippen molar-refractivity contribution in [1.29, 1.82) is 0 Å². The standard InChI is InChI=1S/C39H33P/c1-4-16-31(17-5-1)28-34-22-10-13-25-37(34)40(38-26-14-11-23-35(38)29-32-18-6-2-7-19-32)39-27-15-12-24-36(39)30-33-20-8-3-9-21-33/h1-27H,28-30H2. The van der Waals surface area contributed by atoms with Crippen molar-refractivity contribution in [2.75, 3.05) is 0 Å². The highest BCUT2D eigenvalue weighted by molar-refractivity contribution is 7.80. The molecule has 0 aliphatic heterocycles. The molecule has 0 atom stereocenters. The summed E-state index contributed by atoms with van der Waals surface area (Å²) in [5, 5.41) is 4.34. The molecule has 0 aliphatic carbocycles. The Morgan fingerprint density at radius 3 is 0.825 bits per heavy atom. The first-order valence-corrected chi connectivity index (χ1v) is 15.3. The average molecular weight is 533 g/mol. The lowest BCUT2D eigenvalue weighted by Gasteiger charge is -2.27. The smallest absolute Gasteiger partial charge is 0.00192 e. The third kappa shape index (κ3) is 6.15. The minimum absolute atomic E-state index is 0.797. The Morgan fingerprint density at radius 2 is 0.525 bits per heavy atom. The highest BCUT2D eigenvalue weighted by Crippen LogP contribution is 2.38. The van der Waals surface area contributed by atoms with E-state index in [2.05, 4.69) is 164 Å². The van der Waals surface area contributed by atoms with Gasteiger partial charge in [-0.05, 0) is 76.5 Å². The Bertz CT molecular complexity index is 1450. The lowest BCUT2D eigenvalue weighted by molar-refractivity contribution is 1.20. The average Bonchev–Trinajstić information content (AvgIpc) is 3.01. The number of rotatable bonds is 9. The van der Waals surface area contributed by atoms with Gasteiger partial charge in [0.25, 0.3) is 0 Å². The van der Waals surface area contributed by atoms with Crippen LogP contribution in [-0.2, 0) is 19.3 Å². The fraction of sp³-hybridized carbons (Fsp3) is 0.0769. The zero-order valence-electron chi connectivity index (χ0n) is 22.7. The summed E-state index contributed by atoms with van der Waals surface area (Å²) in [5.74, 6) is 0. The molecule has 0 saturated heterocycles. The molecule has 194 valence electrons. The van der Waals surface area contributed by atoms with E-state index in [1.807, 2.05) is 0 Å². The van der Waals surface area contributed by atoms with E-state index in [1.54, 1.807) is 0 Å². The third-order valence-corrected chi connectivity index (χ3v) is 10.2. The molecule has 1 heteroatoms. The largest absolute Gasteiger partial charge is 0.0622 e. The fourth-order valence-electron chi connectivity index (χ4n) is 5.47. The molecule has 0 radical (unpaired) electrons. The Balaban J connectivity index is 1.52. The Hall–Kier alpha value is -4.25. The topological polar surface area (TPSA) is 0 Å². The molecule has 6 rings (SSSR count). The van der Waals surface area contributed by atoms with Crippen LogP contribution in [0.25, 0.3) is 0 Å². The van der Waals surface area contributed by atoms with Gasteiger partial charge in [0, 0.05) is 0 Å². The zero-order chi connectivity index (χ0) is 27.0. The summed E-state index contributed by atoms with van der Waals surface area (Å²) < 4.78 is 0. The van der Waals surface area contributed by atoms with Crippen LogP contribution in [0.5, 0.6) is 0 Å². The van der Waals surface area contributed by atoms with Gasteiger partial charge in [-0.15, -0.1) is 0 Å². The van der Waals surface area contributed by atoms with Crippen molar-refractivity contribution < 1.29 is 0 Å². The van der Waals surface area contributed by atoms with Crippen LogP contribution in [0.2, 0.25) is 0 Å². The highest BCUT2D eigenvalue weighted by Gasteiger charge is 2.24. The number of hydrogen-bond acceptors (Lipinski definition) is 0. The lowest BCUT2D eigenvalue weighted by Crippen LogP contribution is -2.28.